The molecule has 0 saturated heterocycles. The highest BCUT2D eigenvalue weighted by atomic mass is 79.9. The van der Waals surface area contributed by atoms with Gasteiger partial charge in [-0.1, -0.05) is 6.92 Å². The van der Waals surface area contributed by atoms with E-state index >= 15 is 0 Å². The second-order valence-corrected chi connectivity index (χ2v) is 5.09. The van der Waals surface area contributed by atoms with Gasteiger partial charge in [0.25, 0.3) is 0 Å². The molecule has 48 valence electrons. The van der Waals surface area contributed by atoms with Gasteiger partial charge in [-0.15, -0.1) is 0 Å². The van der Waals surface area contributed by atoms with Crippen LogP contribution in [0.25, 0.3) is 0 Å². The number of alkyl halides is 2. The van der Waals surface area contributed by atoms with Crippen LogP contribution in [0.2, 0.25) is 0 Å². The van der Waals surface area contributed by atoms with Gasteiger partial charge in [0.1, 0.15) is 0 Å². The van der Waals surface area contributed by atoms with Gasteiger partial charge in [0.15, 0.2) is 3.36 Å². The molecular weight excluding hydrogens is 238 g/mol. The Bertz CT molecular complexity index is 84.1. The number of amides is 1. The van der Waals surface area contributed by atoms with E-state index in [4.69, 9.17) is 0 Å². The molecule has 0 atom stereocenters. The lowest BCUT2D eigenvalue weighted by Crippen LogP contribution is -2.30. The Morgan fingerprint density at radius 2 is 2.25 bits per heavy atom. The summed E-state index contributed by atoms with van der Waals surface area (Å²) in [5.41, 5.74) is 0. The highest BCUT2D eigenvalue weighted by Gasteiger charge is 2.16. The minimum absolute atomic E-state index is 0.401. The van der Waals surface area contributed by atoms with Gasteiger partial charge in [-0.2, -0.15) is 0 Å². The molecule has 4 heteroatoms. The normalized spacial score (nSPS) is 10.9. The fourth-order valence-corrected chi connectivity index (χ4v) is 0.375. The van der Waals surface area contributed by atoms with Crippen molar-refractivity contribution in [2.75, 3.05) is 0 Å². The van der Waals surface area contributed by atoms with Crippen LogP contribution in [0.3, 0.4) is 0 Å². The van der Waals surface area contributed by atoms with Crippen molar-refractivity contribution in [3.63, 3.8) is 0 Å². The van der Waals surface area contributed by atoms with Crippen LogP contribution in [-0.2, 0) is 4.79 Å². The molecule has 0 aliphatic carbocycles. The van der Waals surface area contributed by atoms with Crippen molar-refractivity contribution in [3.05, 3.63) is 0 Å². The second-order valence-electron chi connectivity index (χ2n) is 1.32. The standard InChI is InChI=1S/C4H7Br2NO/c1-2-4(5,6)7-3-8/h3H,2H2,1H3,(H,7,8). The summed E-state index contributed by atoms with van der Waals surface area (Å²) < 4.78 is -0.401. The van der Waals surface area contributed by atoms with E-state index in [9.17, 15) is 4.79 Å². The topological polar surface area (TPSA) is 29.1 Å². The van der Waals surface area contributed by atoms with E-state index in [0.717, 1.165) is 6.42 Å². The SMILES string of the molecule is CCC(Br)(Br)NC=O. The van der Waals surface area contributed by atoms with Crippen LogP contribution in [0.15, 0.2) is 0 Å². The molecule has 1 amide bonds. The van der Waals surface area contributed by atoms with E-state index < -0.39 is 3.36 Å². The van der Waals surface area contributed by atoms with E-state index in [1.807, 2.05) is 6.92 Å². The van der Waals surface area contributed by atoms with Gasteiger partial charge >= 0.3 is 0 Å². The van der Waals surface area contributed by atoms with Gasteiger partial charge in [-0.3, -0.25) is 4.79 Å². The molecule has 0 saturated carbocycles. The summed E-state index contributed by atoms with van der Waals surface area (Å²) in [7, 11) is 0. The molecule has 0 aliphatic rings. The third-order valence-corrected chi connectivity index (χ3v) is 2.29. The van der Waals surface area contributed by atoms with E-state index in [1.165, 1.54) is 0 Å². The number of hydrogen-bond acceptors (Lipinski definition) is 1. The molecule has 0 aromatic heterocycles. The second kappa shape index (κ2) is 3.45. The molecule has 1 N–H and O–H groups in total. The van der Waals surface area contributed by atoms with Gasteiger partial charge in [-0.05, 0) is 38.3 Å². The summed E-state index contributed by atoms with van der Waals surface area (Å²) in [4.78, 5) is 9.81. The zero-order valence-electron chi connectivity index (χ0n) is 4.45. The molecule has 0 spiro atoms. The molecule has 0 rings (SSSR count). The molecule has 0 aromatic rings. The molecule has 0 radical (unpaired) electrons. The highest BCUT2D eigenvalue weighted by molar-refractivity contribution is 9.25. The largest absolute Gasteiger partial charge is 0.335 e. The van der Waals surface area contributed by atoms with E-state index in [-0.39, 0.29) is 0 Å². The average molecular weight is 245 g/mol. The maximum atomic E-state index is 9.81. The maximum absolute atomic E-state index is 9.81. The van der Waals surface area contributed by atoms with Gasteiger partial charge < -0.3 is 5.32 Å². The van der Waals surface area contributed by atoms with Crippen molar-refractivity contribution in [1.82, 2.24) is 5.32 Å². The summed E-state index contributed by atoms with van der Waals surface area (Å²) in [5.74, 6) is 0. The number of rotatable bonds is 3. The Kier molecular flexibility index (Phi) is 3.64. The Morgan fingerprint density at radius 3 is 2.38 bits per heavy atom. The molecule has 0 aromatic carbocycles. The number of nitrogens with one attached hydrogen (secondary N) is 1. The predicted molar refractivity (Wildman–Crippen MR) is 40.1 cm³/mol. The molecule has 8 heavy (non-hydrogen) atoms. The van der Waals surface area contributed by atoms with Crippen molar-refractivity contribution < 1.29 is 4.79 Å². The molecular formula is C4H7Br2NO. The van der Waals surface area contributed by atoms with Crippen LogP contribution in [0.5, 0.6) is 0 Å². The first-order chi connectivity index (χ1) is 3.62. The van der Waals surface area contributed by atoms with Crippen LogP contribution in [0.1, 0.15) is 13.3 Å². The number of halogens is 2. The summed E-state index contributed by atoms with van der Waals surface area (Å²) >= 11 is 6.43. The van der Waals surface area contributed by atoms with Crippen molar-refractivity contribution >= 4 is 38.3 Å². The highest BCUT2D eigenvalue weighted by Crippen LogP contribution is 2.24. The van der Waals surface area contributed by atoms with Gasteiger partial charge in [-0.25, -0.2) is 0 Å². The summed E-state index contributed by atoms with van der Waals surface area (Å²) in [5, 5.41) is 2.52. The maximum Gasteiger partial charge on any atom is 0.208 e. The monoisotopic (exact) mass is 243 g/mol. The third kappa shape index (κ3) is 3.43. The number of carbonyl (C=O) groups is 1. The molecule has 0 heterocycles. The molecule has 2 nitrogen and oxygen atoms in total. The average Bonchev–Trinajstić information content (AvgIpc) is 1.67. The Balaban J connectivity index is 3.53. The molecule has 0 unspecified atom stereocenters. The zero-order valence-corrected chi connectivity index (χ0v) is 7.62. The predicted octanol–water partition coefficient (Wildman–Crippen LogP) is 1.59. The van der Waals surface area contributed by atoms with Crippen molar-refractivity contribution in [2.24, 2.45) is 0 Å². The fraction of sp³-hybridized carbons (Fsp3) is 0.750. The quantitative estimate of drug-likeness (QED) is 0.456. The molecule has 0 aliphatic heterocycles. The molecule has 0 bridgehead atoms. The first-order valence-electron chi connectivity index (χ1n) is 2.21. The van der Waals surface area contributed by atoms with E-state index in [2.05, 4.69) is 37.2 Å². The zero-order chi connectivity index (χ0) is 6.62. The van der Waals surface area contributed by atoms with E-state index in [0.29, 0.717) is 6.41 Å². The van der Waals surface area contributed by atoms with Crippen LogP contribution >= 0.6 is 31.9 Å². The first kappa shape index (κ1) is 8.43. The number of hydrogen-bond donors (Lipinski definition) is 1. The van der Waals surface area contributed by atoms with Crippen LogP contribution in [0, 0.1) is 0 Å². The lowest BCUT2D eigenvalue weighted by molar-refractivity contribution is -0.109. The lowest BCUT2D eigenvalue weighted by Gasteiger charge is -2.15. The Hall–Kier alpha value is 0.430. The Labute approximate surface area is 65.3 Å². The summed E-state index contributed by atoms with van der Waals surface area (Å²) in [6.07, 6.45) is 1.44. The van der Waals surface area contributed by atoms with Crippen LogP contribution in [-0.4, -0.2) is 9.77 Å². The van der Waals surface area contributed by atoms with Crippen molar-refractivity contribution in [1.29, 1.82) is 0 Å². The lowest BCUT2D eigenvalue weighted by atomic mass is 10.5. The Morgan fingerprint density at radius 1 is 1.75 bits per heavy atom. The van der Waals surface area contributed by atoms with Gasteiger partial charge in [0, 0.05) is 0 Å². The minimum Gasteiger partial charge on any atom is -0.335 e. The summed E-state index contributed by atoms with van der Waals surface area (Å²) in [6, 6.07) is 0. The van der Waals surface area contributed by atoms with Crippen molar-refractivity contribution in [3.8, 4) is 0 Å². The van der Waals surface area contributed by atoms with E-state index in [1.54, 1.807) is 0 Å². The third-order valence-electron chi connectivity index (χ3n) is 0.714. The van der Waals surface area contributed by atoms with Gasteiger partial charge in [0.2, 0.25) is 6.41 Å². The molecule has 0 fully saturated rings. The van der Waals surface area contributed by atoms with Crippen LogP contribution < -0.4 is 5.32 Å². The van der Waals surface area contributed by atoms with Crippen LogP contribution in [0.4, 0.5) is 0 Å². The fourth-order valence-electron chi connectivity index (χ4n) is 0.188. The first-order valence-corrected chi connectivity index (χ1v) is 3.80. The van der Waals surface area contributed by atoms with Crippen molar-refractivity contribution in [2.45, 2.75) is 16.7 Å². The summed E-state index contributed by atoms with van der Waals surface area (Å²) in [6.45, 7) is 1.94. The number of carbonyl (C=O) groups excluding carboxylic acids is 1. The smallest absolute Gasteiger partial charge is 0.208 e. The minimum atomic E-state index is -0.401. The van der Waals surface area contributed by atoms with Gasteiger partial charge in [0.05, 0.1) is 0 Å².